The fraction of sp³-hybridized carbons (Fsp3) is 0.208. The van der Waals surface area contributed by atoms with Crippen LogP contribution in [0.1, 0.15) is 16.8 Å². The molecule has 8 nitrogen and oxygen atoms in total. The number of aromatic amines is 1. The number of nitrogens with zero attached hydrogens (tertiary/aromatic N) is 3. The molecule has 32 heavy (non-hydrogen) atoms. The van der Waals surface area contributed by atoms with Crippen molar-refractivity contribution in [2.45, 2.75) is 13.5 Å². The number of H-pyrrole nitrogens is 1. The number of hydrogen-bond donors (Lipinski definition) is 2. The molecule has 0 saturated carbocycles. The predicted octanol–water partition coefficient (Wildman–Crippen LogP) is 3.62. The molecule has 0 atom stereocenters. The van der Waals surface area contributed by atoms with Crippen LogP contribution in [0.25, 0.3) is 28.2 Å². The first-order chi connectivity index (χ1) is 15.5. The zero-order chi connectivity index (χ0) is 22.7. The van der Waals surface area contributed by atoms with Crippen LogP contribution in [0.3, 0.4) is 0 Å². The lowest BCUT2D eigenvalue weighted by Crippen LogP contribution is -2.20. The summed E-state index contributed by atoms with van der Waals surface area (Å²) in [5, 5.41) is 8.20. The largest absolute Gasteiger partial charge is 0.493 e. The van der Waals surface area contributed by atoms with E-state index in [4.69, 9.17) is 9.47 Å². The van der Waals surface area contributed by atoms with E-state index >= 15 is 0 Å². The summed E-state index contributed by atoms with van der Waals surface area (Å²) in [4.78, 5) is 20.0. The summed E-state index contributed by atoms with van der Waals surface area (Å²) >= 11 is 0. The number of aryl methyl sites for hydroxylation is 1. The number of aromatic nitrogens is 4. The first-order valence-corrected chi connectivity index (χ1v) is 10.1. The zero-order valence-electron chi connectivity index (χ0n) is 18.5. The van der Waals surface area contributed by atoms with Crippen LogP contribution in [0, 0.1) is 6.92 Å². The van der Waals surface area contributed by atoms with Crippen molar-refractivity contribution in [2.75, 3.05) is 14.2 Å². The number of carbonyl (C=O) groups excluding carboxylic acids is 1. The zero-order valence-corrected chi connectivity index (χ0v) is 18.5. The number of amides is 1. The Morgan fingerprint density at radius 3 is 2.72 bits per heavy atom. The van der Waals surface area contributed by atoms with Gasteiger partial charge >= 0.3 is 0 Å². The molecule has 1 amide bonds. The van der Waals surface area contributed by atoms with E-state index in [-0.39, 0.29) is 5.91 Å². The number of hydrogen-bond acceptors (Lipinski definition) is 5. The van der Waals surface area contributed by atoms with E-state index in [0.29, 0.717) is 18.0 Å². The Balaban J connectivity index is 1.53. The maximum Gasteiger partial charge on any atom is 0.244 e. The molecule has 0 radical (unpaired) electrons. The van der Waals surface area contributed by atoms with Crippen molar-refractivity contribution >= 4 is 23.0 Å². The van der Waals surface area contributed by atoms with Gasteiger partial charge in [-0.05, 0) is 42.3 Å². The molecule has 3 heterocycles. The van der Waals surface area contributed by atoms with E-state index in [9.17, 15) is 4.79 Å². The van der Waals surface area contributed by atoms with Gasteiger partial charge in [-0.25, -0.2) is 4.98 Å². The van der Waals surface area contributed by atoms with Crippen molar-refractivity contribution in [2.24, 2.45) is 7.05 Å². The summed E-state index contributed by atoms with van der Waals surface area (Å²) in [5.41, 5.74) is 5.67. The van der Waals surface area contributed by atoms with E-state index in [0.717, 1.165) is 39.0 Å². The summed E-state index contributed by atoms with van der Waals surface area (Å²) < 4.78 is 12.4. The molecule has 0 unspecified atom stereocenters. The van der Waals surface area contributed by atoms with Crippen molar-refractivity contribution < 1.29 is 14.3 Å². The second-order valence-electron chi connectivity index (χ2n) is 7.33. The van der Waals surface area contributed by atoms with Gasteiger partial charge < -0.3 is 19.8 Å². The molecule has 0 bridgehead atoms. The highest BCUT2D eigenvalue weighted by atomic mass is 16.5. The minimum atomic E-state index is -0.197. The van der Waals surface area contributed by atoms with E-state index in [1.54, 1.807) is 26.5 Å². The van der Waals surface area contributed by atoms with Crippen molar-refractivity contribution in [3.63, 3.8) is 0 Å². The second kappa shape index (κ2) is 8.97. The molecule has 4 rings (SSSR count). The van der Waals surface area contributed by atoms with Crippen LogP contribution in [-0.4, -0.2) is 39.9 Å². The summed E-state index contributed by atoms with van der Waals surface area (Å²) in [7, 11) is 5.09. The van der Waals surface area contributed by atoms with Gasteiger partial charge in [-0.3, -0.25) is 9.48 Å². The van der Waals surface area contributed by atoms with Gasteiger partial charge in [0.1, 0.15) is 5.65 Å². The van der Waals surface area contributed by atoms with Crippen LogP contribution < -0.4 is 14.8 Å². The lowest BCUT2D eigenvalue weighted by molar-refractivity contribution is -0.116. The Labute approximate surface area is 185 Å². The molecule has 0 spiro atoms. The molecule has 8 heteroatoms. The van der Waals surface area contributed by atoms with Crippen LogP contribution in [0.2, 0.25) is 0 Å². The summed E-state index contributed by atoms with van der Waals surface area (Å²) in [6, 6.07) is 7.52. The van der Waals surface area contributed by atoms with Crippen LogP contribution in [0.5, 0.6) is 11.5 Å². The van der Waals surface area contributed by atoms with Gasteiger partial charge in [0.05, 0.1) is 20.4 Å². The summed E-state index contributed by atoms with van der Waals surface area (Å²) in [5.74, 6) is 1.08. The average Bonchev–Trinajstić information content (AvgIpc) is 3.39. The van der Waals surface area contributed by atoms with Gasteiger partial charge in [-0.15, -0.1) is 0 Å². The van der Waals surface area contributed by atoms with Gasteiger partial charge in [0.25, 0.3) is 0 Å². The lowest BCUT2D eigenvalue weighted by atomic mass is 10.0. The molecule has 1 aromatic carbocycles. The van der Waals surface area contributed by atoms with Crippen LogP contribution in [0.15, 0.2) is 48.9 Å². The topological polar surface area (TPSA) is 94.1 Å². The van der Waals surface area contributed by atoms with Gasteiger partial charge in [0.2, 0.25) is 5.91 Å². The number of methoxy groups -OCH3 is 2. The van der Waals surface area contributed by atoms with Crippen molar-refractivity contribution in [1.82, 2.24) is 25.1 Å². The number of nitrogens with one attached hydrogen (secondary N) is 2. The number of benzene rings is 1. The first kappa shape index (κ1) is 21.2. The third-order valence-corrected chi connectivity index (χ3v) is 5.46. The second-order valence-corrected chi connectivity index (χ2v) is 7.33. The van der Waals surface area contributed by atoms with Gasteiger partial charge in [0.15, 0.2) is 11.5 Å². The quantitative estimate of drug-likeness (QED) is 0.436. The number of pyridine rings is 1. The molecule has 0 aliphatic heterocycles. The molecular weight excluding hydrogens is 406 g/mol. The highest BCUT2D eigenvalue weighted by molar-refractivity contribution is 6.01. The number of fused-ring (bicyclic) bond motifs is 1. The Morgan fingerprint density at radius 2 is 2.00 bits per heavy atom. The summed E-state index contributed by atoms with van der Waals surface area (Å²) in [6.07, 6.45) is 8.78. The van der Waals surface area contributed by atoms with Gasteiger partial charge in [-0.2, -0.15) is 5.10 Å². The van der Waals surface area contributed by atoms with Crippen LogP contribution >= 0.6 is 0 Å². The molecule has 0 aliphatic rings. The molecular formula is C24H25N5O3. The number of ether oxygens (including phenoxy) is 2. The molecule has 3 aromatic heterocycles. The van der Waals surface area contributed by atoms with Crippen molar-refractivity contribution in [1.29, 1.82) is 0 Å². The fourth-order valence-corrected chi connectivity index (χ4v) is 3.60. The van der Waals surface area contributed by atoms with E-state index in [1.807, 2.05) is 55.3 Å². The Bertz CT molecular complexity index is 1300. The van der Waals surface area contributed by atoms with Crippen molar-refractivity contribution in [3.8, 4) is 22.6 Å². The Kier molecular flexibility index (Phi) is 5.93. The third kappa shape index (κ3) is 4.07. The molecule has 164 valence electrons. The van der Waals surface area contributed by atoms with E-state index in [2.05, 4.69) is 20.4 Å². The summed E-state index contributed by atoms with van der Waals surface area (Å²) in [6.45, 7) is 2.40. The number of rotatable bonds is 7. The molecule has 2 N–H and O–H groups in total. The maximum absolute atomic E-state index is 12.4. The molecule has 0 aliphatic carbocycles. The standard InChI is InChI=1S/C24H25N5O3/c1-15-19(14-28-29(15)2)18-9-10-25-24-23(18)17(13-27-24)6-8-22(30)26-12-16-5-7-20(31-3)21(11-16)32-4/h5-11,13-14H,12H2,1-4H3,(H,25,27)(H,26,30)/b8-6+. The fourth-order valence-electron chi connectivity index (χ4n) is 3.60. The Morgan fingerprint density at radius 1 is 1.19 bits per heavy atom. The number of carbonyl (C=O) groups is 1. The highest BCUT2D eigenvalue weighted by Gasteiger charge is 2.14. The van der Waals surface area contributed by atoms with Crippen molar-refractivity contribution in [3.05, 3.63) is 65.8 Å². The Hall–Kier alpha value is -4.07. The maximum atomic E-state index is 12.4. The smallest absolute Gasteiger partial charge is 0.244 e. The SMILES string of the molecule is COc1ccc(CNC(=O)/C=C/c2c[nH]c3nccc(-c4cnn(C)c4C)c23)cc1OC. The van der Waals surface area contributed by atoms with Gasteiger partial charge in [-0.1, -0.05) is 6.07 Å². The van der Waals surface area contributed by atoms with Gasteiger partial charge in [0, 0.05) is 54.3 Å². The molecule has 0 saturated heterocycles. The monoisotopic (exact) mass is 431 g/mol. The molecule has 4 aromatic rings. The van der Waals surface area contributed by atoms with Crippen LogP contribution in [0.4, 0.5) is 0 Å². The average molecular weight is 431 g/mol. The molecule has 0 fully saturated rings. The van der Waals surface area contributed by atoms with E-state index < -0.39 is 0 Å². The minimum absolute atomic E-state index is 0.197. The third-order valence-electron chi connectivity index (χ3n) is 5.46. The highest BCUT2D eigenvalue weighted by Crippen LogP contribution is 2.32. The normalized spacial score (nSPS) is 11.2. The first-order valence-electron chi connectivity index (χ1n) is 10.1. The predicted molar refractivity (Wildman–Crippen MR) is 123 cm³/mol. The lowest BCUT2D eigenvalue weighted by Gasteiger charge is -2.09. The van der Waals surface area contributed by atoms with E-state index in [1.165, 1.54) is 6.08 Å². The minimum Gasteiger partial charge on any atom is -0.493 e. The van der Waals surface area contributed by atoms with Crippen LogP contribution in [-0.2, 0) is 18.4 Å².